The molecule has 3 atom stereocenters. The van der Waals surface area contributed by atoms with E-state index in [1.54, 1.807) is 44.3 Å². The average Bonchev–Trinajstić information content (AvgIpc) is 2.99. The zero-order valence-corrected chi connectivity index (χ0v) is 26.2. The lowest BCUT2D eigenvalue weighted by Gasteiger charge is -2.21. The molecule has 0 spiro atoms. The summed E-state index contributed by atoms with van der Waals surface area (Å²) >= 11 is 0. The SMILES string of the molecule is CN[C@@H](C)C/C=C/c1cncc(OC(C)C)c1.Cc1ccc(C(=O)O[C@H](C(=O)O)[C@H](OC(=O)c2ccc(C)cc2)C(=O)O)cc1. The summed E-state index contributed by atoms with van der Waals surface area (Å²) in [6.45, 7) is 9.76. The van der Waals surface area contributed by atoms with Crippen molar-refractivity contribution in [2.24, 2.45) is 0 Å². The summed E-state index contributed by atoms with van der Waals surface area (Å²) in [7, 11) is 1.97. The van der Waals surface area contributed by atoms with Crippen LogP contribution < -0.4 is 10.1 Å². The van der Waals surface area contributed by atoms with Gasteiger partial charge in [0.15, 0.2) is 0 Å². The third-order valence-corrected chi connectivity index (χ3v) is 6.20. The van der Waals surface area contributed by atoms with Gasteiger partial charge in [-0.25, -0.2) is 19.2 Å². The van der Waals surface area contributed by atoms with E-state index in [0.717, 1.165) is 28.9 Å². The minimum atomic E-state index is -2.22. The van der Waals surface area contributed by atoms with Crippen LogP contribution in [0.5, 0.6) is 5.75 Å². The van der Waals surface area contributed by atoms with Crippen molar-refractivity contribution in [2.75, 3.05) is 7.05 Å². The minimum absolute atomic E-state index is 0.0332. The molecule has 0 aliphatic heterocycles. The normalized spacial score (nSPS) is 12.8. The summed E-state index contributed by atoms with van der Waals surface area (Å²) in [6, 6.07) is 14.6. The highest BCUT2D eigenvalue weighted by molar-refractivity contribution is 5.95. The maximum absolute atomic E-state index is 12.2. The number of benzene rings is 2. The van der Waals surface area contributed by atoms with Gasteiger partial charge in [-0.3, -0.25) is 4.98 Å². The summed E-state index contributed by atoms with van der Waals surface area (Å²) in [5.74, 6) is -4.80. The topological polar surface area (TPSA) is 161 Å². The fourth-order valence-corrected chi connectivity index (χ4v) is 3.62. The first-order valence-corrected chi connectivity index (χ1v) is 14.3. The number of aryl methyl sites for hydroxylation is 2. The molecule has 0 amide bonds. The first-order valence-electron chi connectivity index (χ1n) is 14.3. The monoisotopic (exact) mass is 620 g/mol. The molecule has 0 saturated heterocycles. The first-order chi connectivity index (χ1) is 21.3. The zero-order valence-electron chi connectivity index (χ0n) is 26.2. The van der Waals surface area contributed by atoms with E-state index in [1.807, 2.05) is 33.2 Å². The number of ether oxygens (including phenoxy) is 3. The van der Waals surface area contributed by atoms with E-state index < -0.39 is 36.1 Å². The fourth-order valence-electron chi connectivity index (χ4n) is 3.62. The van der Waals surface area contributed by atoms with Crippen LogP contribution in [-0.2, 0) is 19.1 Å². The third kappa shape index (κ3) is 12.6. The van der Waals surface area contributed by atoms with Crippen LogP contribution in [0.25, 0.3) is 6.08 Å². The molecule has 0 fully saturated rings. The molecule has 45 heavy (non-hydrogen) atoms. The lowest BCUT2D eigenvalue weighted by Crippen LogP contribution is -2.45. The Balaban J connectivity index is 0.000000355. The van der Waals surface area contributed by atoms with Gasteiger partial charge in [-0.15, -0.1) is 0 Å². The average molecular weight is 621 g/mol. The highest BCUT2D eigenvalue weighted by Gasteiger charge is 2.41. The number of carbonyl (C=O) groups excluding carboxylic acids is 2. The van der Waals surface area contributed by atoms with Crippen LogP contribution in [0.15, 0.2) is 73.1 Å². The van der Waals surface area contributed by atoms with Gasteiger partial charge in [-0.1, -0.05) is 47.5 Å². The molecule has 0 radical (unpaired) electrons. The van der Waals surface area contributed by atoms with Crippen molar-refractivity contribution in [1.29, 1.82) is 0 Å². The van der Waals surface area contributed by atoms with Gasteiger partial charge in [0.1, 0.15) is 5.75 Å². The Morgan fingerprint density at radius 2 is 1.27 bits per heavy atom. The second-order valence-corrected chi connectivity index (χ2v) is 10.5. The number of hydrogen-bond acceptors (Lipinski definition) is 9. The smallest absolute Gasteiger partial charge is 0.349 e. The van der Waals surface area contributed by atoms with Crippen molar-refractivity contribution in [1.82, 2.24) is 10.3 Å². The molecule has 1 heterocycles. The first kappa shape index (κ1) is 36.2. The molecule has 0 aliphatic rings. The molecule has 240 valence electrons. The van der Waals surface area contributed by atoms with Crippen LogP contribution >= 0.6 is 0 Å². The number of hydrogen-bond donors (Lipinski definition) is 3. The second kappa shape index (κ2) is 17.9. The molecule has 0 bridgehead atoms. The number of carboxylic acids is 2. The summed E-state index contributed by atoms with van der Waals surface area (Å²) < 4.78 is 15.2. The standard InChI is InChI=1S/C20H18O8.C14H22N2O/c1-11-3-7-13(8-4-11)19(25)27-15(17(21)22)16(18(23)24)28-20(26)14-9-5-12(2)6-10-14;1-11(2)17-14-8-13(9-16-10-14)7-5-6-12(3)15-4/h3-10,15-16H,1-2H3,(H,21,22)(H,23,24);5,7-12,15H,6H2,1-4H3/b;7-5+/t15-,16-;12-/m00/s1. The number of nitrogens with zero attached hydrogens (tertiary/aromatic N) is 1. The number of aliphatic carboxylic acids is 2. The lowest BCUT2D eigenvalue weighted by molar-refractivity contribution is -0.166. The number of carboxylic acid groups (broad SMARTS) is 2. The van der Waals surface area contributed by atoms with Gasteiger partial charge < -0.3 is 29.7 Å². The van der Waals surface area contributed by atoms with Gasteiger partial charge in [0, 0.05) is 12.2 Å². The van der Waals surface area contributed by atoms with E-state index in [0.29, 0.717) is 6.04 Å². The summed E-state index contributed by atoms with van der Waals surface area (Å²) in [6.07, 6.45) is 4.56. The molecular formula is C34H40N2O9. The predicted molar refractivity (Wildman–Crippen MR) is 168 cm³/mol. The van der Waals surface area contributed by atoms with Crippen LogP contribution in [0.3, 0.4) is 0 Å². The van der Waals surface area contributed by atoms with Gasteiger partial charge >= 0.3 is 23.9 Å². The molecular weight excluding hydrogens is 580 g/mol. The summed E-state index contributed by atoms with van der Waals surface area (Å²) in [5, 5.41) is 21.8. The number of carbonyl (C=O) groups is 4. The zero-order chi connectivity index (χ0) is 33.5. The number of nitrogens with one attached hydrogen (secondary N) is 1. The molecule has 1 aromatic heterocycles. The molecule has 3 rings (SSSR count). The van der Waals surface area contributed by atoms with E-state index in [2.05, 4.69) is 29.4 Å². The van der Waals surface area contributed by atoms with E-state index in [9.17, 15) is 29.4 Å². The Kier molecular flexibility index (Phi) is 14.4. The fraction of sp³-hybridized carbons (Fsp3) is 0.324. The highest BCUT2D eigenvalue weighted by atomic mass is 16.6. The van der Waals surface area contributed by atoms with Gasteiger partial charge in [0.25, 0.3) is 0 Å². The van der Waals surface area contributed by atoms with Crippen LogP contribution in [0.2, 0.25) is 0 Å². The van der Waals surface area contributed by atoms with Gasteiger partial charge in [0.05, 0.1) is 23.4 Å². The Morgan fingerprint density at radius 3 is 1.67 bits per heavy atom. The molecule has 0 aliphatic carbocycles. The van der Waals surface area contributed by atoms with E-state index in [4.69, 9.17) is 14.2 Å². The molecule has 2 aromatic carbocycles. The largest absolute Gasteiger partial charge is 0.489 e. The molecule has 3 N–H and O–H groups in total. The Morgan fingerprint density at radius 1 is 0.800 bits per heavy atom. The lowest BCUT2D eigenvalue weighted by atomic mass is 10.1. The summed E-state index contributed by atoms with van der Waals surface area (Å²) in [4.78, 5) is 51.5. The van der Waals surface area contributed by atoms with Crippen LogP contribution in [0.4, 0.5) is 0 Å². The van der Waals surface area contributed by atoms with Gasteiger partial charge in [0.2, 0.25) is 12.2 Å². The van der Waals surface area contributed by atoms with Gasteiger partial charge in [-0.05, 0) is 84.0 Å². The van der Waals surface area contributed by atoms with Crippen LogP contribution in [0, 0.1) is 13.8 Å². The number of esters is 2. The second-order valence-electron chi connectivity index (χ2n) is 10.5. The van der Waals surface area contributed by atoms with Crippen molar-refractivity contribution in [3.05, 3.63) is 101 Å². The van der Waals surface area contributed by atoms with E-state index >= 15 is 0 Å². The molecule has 3 aromatic rings. The van der Waals surface area contributed by atoms with Crippen molar-refractivity contribution < 1.29 is 43.6 Å². The minimum Gasteiger partial charge on any atom is -0.489 e. The van der Waals surface area contributed by atoms with Crippen molar-refractivity contribution in [2.45, 2.75) is 65.4 Å². The number of pyridine rings is 1. The number of aromatic nitrogens is 1. The third-order valence-electron chi connectivity index (χ3n) is 6.20. The molecule has 11 nitrogen and oxygen atoms in total. The molecule has 0 unspecified atom stereocenters. The Bertz CT molecular complexity index is 1380. The van der Waals surface area contributed by atoms with Crippen LogP contribution in [-0.4, -0.2) is 70.5 Å². The quantitative estimate of drug-likeness (QED) is 0.218. The molecule has 11 heteroatoms. The predicted octanol–water partition coefficient (Wildman–Crippen LogP) is 5.10. The maximum Gasteiger partial charge on any atom is 0.349 e. The van der Waals surface area contributed by atoms with E-state index in [1.165, 1.54) is 24.3 Å². The van der Waals surface area contributed by atoms with Crippen molar-refractivity contribution in [3.8, 4) is 5.75 Å². The maximum atomic E-state index is 12.2. The van der Waals surface area contributed by atoms with E-state index in [-0.39, 0.29) is 17.2 Å². The highest BCUT2D eigenvalue weighted by Crippen LogP contribution is 2.16. The van der Waals surface area contributed by atoms with Crippen LogP contribution in [0.1, 0.15) is 64.6 Å². The number of rotatable bonds is 13. The Labute approximate surface area is 262 Å². The Hall–Kier alpha value is -5.03. The van der Waals surface area contributed by atoms with Gasteiger partial charge in [-0.2, -0.15) is 0 Å². The van der Waals surface area contributed by atoms with Crippen molar-refractivity contribution >= 4 is 30.0 Å². The van der Waals surface area contributed by atoms with Crippen molar-refractivity contribution in [3.63, 3.8) is 0 Å². The summed E-state index contributed by atoms with van der Waals surface area (Å²) in [5.41, 5.74) is 2.87. The molecule has 0 saturated carbocycles.